The molecule has 0 aromatic heterocycles. The zero-order chi connectivity index (χ0) is 20.0. The number of rotatable bonds is 8. The van der Waals surface area contributed by atoms with Crippen LogP contribution in [-0.2, 0) is 16.6 Å². The van der Waals surface area contributed by atoms with Crippen molar-refractivity contribution in [2.75, 3.05) is 34.2 Å². The summed E-state index contributed by atoms with van der Waals surface area (Å²) >= 11 is 0. The second-order valence-corrected chi connectivity index (χ2v) is 8.27. The molecule has 0 aliphatic carbocycles. The third-order valence-corrected chi connectivity index (χ3v) is 5.94. The third kappa shape index (κ3) is 5.35. The topological polar surface area (TPSA) is 69.7 Å². The molecule has 0 aliphatic heterocycles. The normalized spacial score (nSPS) is 11.8. The molecule has 6 nitrogen and oxygen atoms in total. The van der Waals surface area contributed by atoms with E-state index in [2.05, 4.69) is 5.32 Å². The Morgan fingerprint density at radius 2 is 1.67 bits per heavy atom. The summed E-state index contributed by atoms with van der Waals surface area (Å²) in [5.74, 6) is -0.743. The molecular formula is C19H24FN3O3S. The number of hydrogen-bond acceptors (Lipinski definition) is 4. The maximum atomic E-state index is 14.0. The number of amides is 1. The first-order valence-corrected chi connectivity index (χ1v) is 9.90. The Morgan fingerprint density at radius 3 is 2.22 bits per heavy atom. The van der Waals surface area contributed by atoms with Gasteiger partial charge in [-0.3, -0.25) is 4.79 Å². The highest BCUT2D eigenvalue weighted by Crippen LogP contribution is 2.20. The first-order chi connectivity index (χ1) is 12.8. The molecule has 146 valence electrons. The summed E-state index contributed by atoms with van der Waals surface area (Å²) in [5, 5.41) is 2.49. The van der Waals surface area contributed by atoms with Crippen LogP contribution in [0.3, 0.4) is 0 Å². The minimum Gasteiger partial charge on any atom is -0.355 e. The summed E-state index contributed by atoms with van der Waals surface area (Å²) in [4.78, 5) is 13.6. The van der Waals surface area contributed by atoms with Crippen LogP contribution in [0.25, 0.3) is 0 Å². The van der Waals surface area contributed by atoms with Gasteiger partial charge in [0.2, 0.25) is 10.0 Å². The van der Waals surface area contributed by atoms with Crippen LogP contribution in [0.1, 0.15) is 15.9 Å². The molecule has 0 atom stereocenters. The molecule has 0 unspecified atom stereocenters. The fourth-order valence-corrected chi connectivity index (χ4v) is 3.89. The lowest BCUT2D eigenvalue weighted by Crippen LogP contribution is -2.36. The van der Waals surface area contributed by atoms with E-state index in [1.54, 1.807) is 18.2 Å². The minimum absolute atomic E-state index is 0.0604. The monoisotopic (exact) mass is 393 g/mol. The van der Waals surface area contributed by atoms with Crippen LogP contribution in [0.4, 0.5) is 4.39 Å². The molecule has 8 heteroatoms. The minimum atomic E-state index is -3.85. The van der Waals surface area contributed by atoms with Crippen LogP contribution in [-0.4, -0.2) is 57.8 Å². The molecular weight excluding hydrogens is 369 g/mol. The Balaban J connectivity index is 2.34. The van der Waals surface area contributed by atoms with Gasteiger partial charge >= 0.3 is 0 Å². The SMILES string of the molecule is CNC(=O)c1ccc(S(=O)(=O)N(CCN(C)C)Cc2ccccc2F)cc1. The van der Waals surface area contributed by atoms with Gasteiger partial charge in [0.1, 0.15) is 5.82 Å². The van der Waals surface area contributed by atoms with Crippen molar-refractivity contribution in [2.45, 2.75) is 11.4 Å². The summed E-state index contributed by atoms with van der Waals surface area (Å²) in [7, 11) is 1.33. The zero-order valence-electron chi connectivity index (χ0n) is 15.6. The van der Waals surface area contributed by atoms with Crippen LogP contribution in [0.2, 0.25) is 0 Å². The lowest BCUT2D eigenvalue weighted by atomic mass is 10.2. The Hall–Kier alpha value is -2.29. The van der Waals surface area contributed by atoms with Gasteiger partial charge in [-0.1, -0.05) is 18.2 Å². The number of nitrogens with zero attached hydrogens (tertiary/aromatic N) is 2. The van der Waals surface area contributed by atoms with E-state index in [1.807, 2.05) is 19.0 Å². The van der Waals surface area contributed by atoms with Crippen molar-refractivity contribution in [1.29, 1.82) is 0 Å². The van der Waals surface area contributed by atoms with Gasteiger partial charge < -0.3 is 10.2 Å². The smallest absolute Gasteiger partial charge is 0.251 e. The van der Waals surface area contributed by atoms with Crippen molar-refractivity contribution < 1.29 is 17.6 Å². The molecule has 0 bridgehead atoms. The predicted molar refractivity (Wildman–Crippen MR) is 102 cm³/mol. The molecule has 0 heterocycles. The van der Waals surface area contributed by atoms with Crippen molar-refractivity contribution in [3.8, 4) is 0 Å². The number of hydrogen-bond donors (Lipinski definition) is 1. The molecule has 1 N–H and O–H groups in total. The van der Waals surface area contributed by atoms with Gasteiger partial charge in [0.05, 0.1) is 4.90 Å². The van der Waals surface area contributed by atoms with E-state index in [-0.39, 0.29) is 23.9 Å². The van der Waals surface area contributed by atoms with E-state index in [0.717, 1.165) is 0 Å². The average Bonchev–Trinajstić information content (AvgIpc) is 2.65. The van der Waals surface area contributed by atoms with Crippen molar-refractivity contribution in [2.24, 2.45) is 0 Å². The number of carbonyl (C=O) groups is 1. The first-order valence-electron chi connectivity index (χ1n) is 8.46. The highest BCUT2D eigenvalue weighted by atomic mass is 32.2. The van der Waals surface area contributed by atoms with Gasteiger partial charge in [0.25, 0.3) is 5.91 Å². The van der Waals surface area contributed by atoms with Crippen molar-refractivity contribution in [1.82, 2.24) is 14.5 Å². The molecule has 0 radical (unpaired) electrons. The van der Waals surface area contributed by atoms with E-state index in [0.29, 0.717) is 17.7 Å². The second kappa shape index (κ2) is 9.07. The van der Waals surface area contributed by atoms with Crippen LogP contribution in [0.15, 0.2) is 53.4 Å². The summed E-state index contributed by atoms with van der Waals surface area (Å²) in [6.45, 7) is 0.630. The molecule has 2 aromatic rings. The molecule has 1 amide bonds. The molecule has 2 aromatic carbocycles. The molecule has 0 fully saturated rings. The van der Waals surface area contributed by atoms with E-state index in [4.69, 9.17) is 0 Å². The molecule has 2 rings (SSSR count). The number of nitrogens with one attached hydrogen (secondary N) is 1. The standard InChI is InChI=1S/C19H24FN3O3S/c1-21-19(24)15-8-10-17(11-9-15)27(25,26)23(13-12-22(2)3)14-16-6-4-5-7-18(16)20/h4-11H,12-14H2,1-3H3,(H,21,24). The van der Waals surface area contributed by atoms with Gasteiger partial charge in [-0.25, -0.2) is 12.8 Å². The number of carbonyl (C=O) groups excluding carboxylic acids is 1. The van der Waals surface area contributed by atoms with E-state index in [1.165, 1.54) is 41.7 Å². The van der Waals surface area contributed by atoms with E-state index >= 15 is 0 Å². The van der Waals surface area contributed by atoms with Crippen LogP contribution in [0.5, 0.6) is 0 Å². The van der Waals surface area contributed by atoms with Crippen molar-refractivity contribution in [3.63, 3.8) is 0 Å². The number of sulfonamides is 1. The summed E-state index contributed by atoms with van der Waals surface area (Å²) in [6, 6.07) is 11.8. The second-order valence-electron chi connectivity index (χ2n) is 6.34. The highest BCUT2D eigenvalue weighted by Gasteiger charge is 2.25. The van der Waals surface area contributed by atoms with Crippen LogP contribution < -0.4 is 5.32 Å². The lowest BCUT2D eigenvalue weighted by Gasteiger charge is -2.24. The van der Waals surface area contributed by atoms with Crippen LogP contribution >= 0.6 is 0 Å². The fraction of sp³-hybridized carbons (Fsp3) is 0.316. The van der Waals surface area contributed by atoms with Crippen molar-refractivity contribution >= 4 is 15.9 Å². The fourth-order valence-electron chi connectivity index (χ4n) is 2.48. The maximum absolute atomic E-state index is 14.0. The third-order valence-electron chi connectivity index (χ3n) is 4.08. The number of likely N-dealkylation sites (N-methyl/N-ethyl adjacent to an activating group) is 1. The maximum Gasteiger partial charge on any atom is 0.251 e. The van der Waals surface area contributed by atoms with E-state index < -0.39 is 15.8 Å². The lowest BCUT2D eigenvalue weighted by molar-refractivity contribution is 0.0963. The van der Waals surface area contributed by atoms with Crippen molar-refractivity contribution in [3.05, 3.63) is 65.5 Å². The first kappa shape index (κ1) is 21.0. The number of benzene rings is 2. The molecule has 0 saturated carbocycles. The Kier molecular flexibility index (Phi) is 7.06. The van der Waals surface area contributed by atoms with Gasteiger partial charge in [0, 0.05) is 37.8 Å². The summed E-state index contributed by atoms with van der Waals surface area (Å²) in [6.07, 6.45) is 0. The Labute approximate surface area is 159 Å². The van der Waals surface area contributed by atoms with Crippen LogP contribution in [0, 0.1) is 5.82 Å². The average molecular weight is 393 g/mol. The predicted octanol–water partition coefficient (Wildman–Crippen LogP) is 1.94. The molecule has 0 aliphatic rings. The zero-order valence-corrected chi connectivity index (χ0v) is 16.5. The van der Waals surface area contributed by atoms with Gasteiger partial charge in [-0.05, 0) is 44.4 Å². The van der Waals surface area contributed by atoms with Gasteiger partial charge in [-0.15, -0.1) is 0 Å². The Morgan fingerprint density at radius 1 is 1.04 bits per heavy atom. The highest BCUT2D eigenvalue weighted by molar-refractivity contribution is 7.89. The summed E-state index contributed by atoms with van der Waals surface area (Å²) < 4.78 is 41.5. The van der Waals surface area contributed by atoms with Gasteiger partial charge in [0.15, 0.2) is 0 Å². The molecule has 0 spiro atoms. The Bertz CT molecular complexity index is 883. The van der Waals surface area contributed by atoms with E-state index in [9.17, 15) is 17.6 Å². The largest absolute Gasteiger partial charge is 0.355 e. The summed E-state index contributed by atoms with van der Waals surface area (Å²) in [5.41, 5.74) is 0.673. The molecule has 27 heavy (non-hydrogen) atoms. The number of halogens is 1. The quantitative estimate of drug-likeness (QED) is 0.744. The molecule has 0 saturated heterocycles. The van der Waals surface area contributed by atoms with Gasteiger partial charge in [-0.2, -0.15) is 4.31 Å².